The number of nitrogens with one attached hydrogen (secondary N) is 1. The minimum atomic E-state index is -0.256. The summed E-state index contributed by atoms with van der Waals surface area (Å²) in [4.78, 5) is 12.3. The Morgan fingerprint density at radius 2 is 1.90 bits per heavy atom. The van der Waals surface area contributed by atoms with Crippen LogP contribution in [0.2, 0.25) is 0 Å². The number of benzene rings is 1. The fourth-order valence-electron chi connectivity index (χ4n) is 2.83. The summed E-state index contributed by atoms with van der Waals surface area (Å²) in [6, 6.07) is 8.42. The van der Waals surface area contributed by atoms with Crippen LogP contribution in [0.4, 0.5) is 6.01 Å². The van der Waals surface area contributed by atoms with E-state index in [0.717, 1.165) is 11.4 Å². The minimum Gasteiger partial charge on any atom is -0.408 e. The first-order valence-electron chi connectivity index (χ1n) is 10.1. The molecule has 164 valence electrons. The van der Waals surface area contributed by atoms with Gasteiger partial charge in [-0.15, -0.1) is 21.9 Å². The molecule has 3 aromatic rings. The minimum absolute atomic E-state index is 0.0794. The first-order chi connectivity index (χ1) is 14.7. The normalized spacial score (nSPS) is 11.7. The second-order valence-electron chi connectivity index (χ2n) is 8.47. The van der Waals surface area contributed by atoms with Crippen LogP contribution in [-0.4, -0.2) is 36.6 Å². The lowest BCUT2D eigenvalue weighted by molar-refractivity contribution is -0.113. The van der Waals surface area contributed by atoms with E-state index in [2.05, 4.69) is 65.2 Å². The SMILES string of the molecule is C=CCn1c(SCC(=O)Nc2nnc(C(C)C)o2)nnc1-c1ccc(C(C)(C)C)cc1. The highest BCUT2D eigenvalue weighted by Gasteiger charge is 2.18. The molecule has 1 aromatic carbocycles. The second kappa shape index (κ2) is 9.47. The van der Waals surface area contributed by atoms with E-state index < -0.39 is 0 Å². The maximum atomic E-state index is 12.3. The van der Waals surface area contributed by atoms with E-state index in [0.29, 0.717) is 17.6 Å². The Balaban J connectivity index is 1.71. The summed E-state index contributed by atoms with van der Waals surface area (Å²) in [5.41, 5.74) is 2.29. The van der Waals surface area contributed by atoms with E-state index >= 15 is 0 Å². The maximum Gasteiger partial charge on any atom is 0.322 e. The van der Waals surface area contributed by atoms with Gasteiger partial charge >= 0.3 is 6.01 Å². The molecule has 9 heteroatoms. The quantitative estimate of drug-likeness (QED) is 0.401. The average molecular weight is 441 g/mol. The first-order valence-corrected chi connectivity index (χ1v) is 11.1. The summed E-state index contributed by atoms with van der Waals surface area (Å²) in [7, 11) is 0. The molecule has 0 fully saturated rings. The topological polar surface area (TPSA) is 98.7 Å². The van der Waals surface area contributed by atoms with Gasteiger partial charge in [-0.3, -0.25) is 14.7 Å². The Labute approximate surface area is 186 Å². The van der Waals surface area contributed by atoms with Gasteiger partial charge in [0.25, 0.3) is 0 Å². The van der Waals surface area contributed by atoms with E-state index in [1.54, 1.807) is 6.08 Å². The number of hydrogen-bond donors (Lipinski definition) is 1. The molecule has 0 unspecified atom stereocenters. The number of amides is 1. The fraction of sp³-hybridized carbons (Fsp3) is 0.409. The number of hydrogen-bond acceptors (Lipinski definition) is 7. The summed E-state index contributed by atoms with van der Waals surface area (Å²) in [6.07, 6.45) is 1.78. The fourth-order valence-corrected chi connectivity index (χ4v) is 3.57. The van der Waals surface area contributed by atoms with Gasteiger partial charge in [-0.2, -0.15) is 0 Å². The van der Waals surface area contributed by atoms with Crippen LogP contribution in [0.25, 0.3) is 11.4 Å². The highest BCUT2D eigenvalue weighted by molar-refractivity contribution is 7.99. The molecule has 0 atom stereocenters. The van der Waals surface area contributed by atoms with Gasteiger partial charge in [0.15, 0.2) is 11.0 Å². The van der Waals surface area contributed by atoms with Crippen molar-refractivity contribution in [3.05, 3.63) is 48.4 Å². The van der Waals surface area contributed by atoms with Gasteiger partial charge in [0.1, 0.15) is 0 Å². The lowest BCUT2D eigenvalue weighted by atomic mass is 9.87. The highest BCUT2D eigenvalue weighted by atomic mass is 32.2. The van der Waals surface area contributed by atoms with Crippen molar-refractivity contribution in [1.82, 2.24) is 25.0 Å². The summed E-state index contributed by atoms with van der Waals surface area (Å²) < 4.78 is 7.36. The van der Waals surface area contributed by atoms with Crippen LogP contribution in [0.1, 0.15) is 52.0 Å². The summed E-state index contributed by atoms with van der Waals surface area (Å²) >= 11 is 1.29. The molecule has 31 heavy (non-hydrogen) atoms. The van der Waals surface area contributed by atoms with E-state index in [9.17, 15) is 4.79 Å². The predicted molar refractivity (Wildman–Crippen MR) is 122 cm³/mol. The molecule has 0 aliphatic heterocycles. The molecular weight excluding hydrogens is 412 g/mol. The van der Waals surface area contributed by atoms with Crippen LogP contribution < -0.4 is 5.32 Å². The predicted octanol–water partition coefficient (Wildman–Crippen LogP) is 4.67. The third-order valence-electron chi connectivity index (χ3n) is 4.55. The molecule has 3 rings (SSSR count). The molecule has 0 bridgehead atoms. The van der Waals surface area contributed by atoms with Crippen molar-refractivity contribution < 1.29 is 9.21 Å². The van der Waals surface area contributed by atoms with Crippen LogP contribution in [0.15, 0.2) is 46.5 Å². The molecule has 0 aliphatic rings. The number of nitrogens with zero attached hydrogens (tertiary/aromatic N) is 5. The van der Waals surface area contributed by atoms with Crippen molar-refractivity contribution in [3.8, 4) is 11.4 Å². The number of aromatic nitrogens is 5. The van der Waals surface area contributed by atoms with Gasteiger partial charge < -0.3 is 4.42 Å². The third kappa shape index (κ3) is 5.61. The molecule has 1 N–H and O–H groups in total. The van der Waals surface area contributed by atoms with Gasteiger partial charge in [0.05, 0.1) is 5.75 Å². The molecule has 0 saturated heterocycles. The zero-order valence-electron chi connectivity index (χ0n) is 18.5. The van der Waals surface area contributed by atoms with Crippen molar-refractivity contribution in [2.75, 3.05) is 11.1 Å². The first kappa shape index (κ1) is 22.7. The lowest BCUT2D eigenvalue weighted by Gasteiger charge is -2.19. The number of carbonyl (C=O) groups is 1. The van der Waals surface area contributed by atoms with Crippen LogP contribution in [0.5, 0.6) is 0 Å². The van der Waals surface area contributed by atoms with Crippen LogP contribution in [0, 0.1) is 0 Å². The molecule has 2 heterocycles. The Kier molecular flexibility index (Phi) is 6.94. The number of anilines is 1. The van der Waals surface area contributed by atoms with Crippen LogP contribution in [-0.2, 0) is 16.8 Å². The Morgan fingerprint density at radius 3 is 2.48 bits per heavy atom. The molecular formula is C22H28N6O2S. The molecule has 0 saturated carbocycles. The second-order valence-corrected chi connectivity index (χ2v) is 9.41. The number of rotatable bonds is 8. The van der Waals surface area contributed by atoms with E-state index in [1.807, 2.05) is 30.5 Å². The van der Waals surface area contributed by atoms with Gasteiger partial charge in [-0.05, 0) is 11.0 Å². The average Bonchev–Trinajstić information content (AvgIpc) is 3.33. The van der Waals surface area contributed by atoms with Crippen molar-refractivity contribution in [2.24, 2.45) is 0 Å². The monoisotopic (exact) mass is 440 g/mol. The Hall–Kier alpha value is -2.94. The van der Waals surface area contributed by atoms with Crippen molar-refractivity contribution in [1.29, 1.82) is 0 Å². The smallest absolute Gasteiger partial charge is 0.322 e. The van der Waals surface area contributed by atoms with Crippen molar-refractivity contribution in [2.45, 2.75) is 57.7 Å². The zero-order valence-corrected chi connectivity index (χ0v) is 19.4. The molecule has 0 spiro atoms. The number of allylic oxidation sites excluding steroid dienone is 1. The van der Waals surface area contributed by atoms with Gasteiger partial charge in [0, 0.05) is 18.0 Å². The zero-order chi connectivity index (χ0) is 22.6. The van der Waals surface area contributed by atoms with Gasteiger partial charge in [0.2, 0.25) is 11.8 Å². The van der Waals surface area contributed by atoms with E-state index in [-0.39, 0.29) is 29.0 Å². The highest BCUT2D eigenvalue weighted by Crippen LogP contribution is 2.28. The standard InChI is InChI=1S/C22H28N6O2S/c1-7-12-28-18(15-8-10-16(11-9-15)22(4,5)6)24-27-21(28)31-13-17(29)23-20-26-25-19(30-20)14(2)3/h7-11,14H,1,12-13H2,2-6H3,(H,23,26,29). The van der Waals surface area contributed by atoms with Crippen LogP contribution in [0.3, 0.4) is 0 Å². The Bertz CT molecular complexity index is 1050. The summed E-state index contributed by atoms with van der Waals surface area (Å²) in [5.74, 6) is 1.20. The Morgan fingerprint density at radius 1 is 1.19 bits per heavy atom. The largest absolute Gasteiger partial charge is 0.408 e. The molecule has 1 amide bonds. The summed E-state index contributed by atoms with van der Waals surface area (Å²) in [6.45, 7) is 14.8. The summed E-state index contributed by atoms with van der Waals surface area (Å²) in [5, 5.41) is 19.6. The maximum absolute atomic E-state index is 12.3. The lowest BCUT2D eigenvalue weighted by Crippen LogP contribution is -2.15. The number of carbonyl (C=O) groups excluding carboxylic acids is 1. The molecule has 0 aliphatic carbocycles. The van der Waals surface area contributed by atoms with Gasteiger partial charge in [-0.25, -0.2) is 0 Å². The molecule has 2 aromatic heterocycles. The molecule has 0 radical (unpaired) electrons. The van der Waals surface area contributed by atoms with Crippen molar-refractivity contribution >= 4 is 23.7 Å². The van der Waals surface area contributed by atoms with Gasteiger partial charge in [-0.1, -0.05) is 81.8 Å². The third-order valence-corrected chi connectivity index (χ3v) is 5.52. The van der Waals surface area contributed by atoms with Crippen LogP contribution >= 0.6 is 11.8 Å². The van der Waals surface area contributed by atoms with E-state index in [4.69, 9.17) is 4.42 Å². The van der Waals surface area contributed by atoms with E-state index in [1.165, 1.54) is 17.3 Å². The molecule has 8 nitrogen and oxygen atoms in total. The number of thioether (sulfide) groups is 1. The van der Waals surface area contributed by atoms with Crippen molar-refractivity contribution in [3.63, 3.8) is 0 Å².